The summed E-state index contributed by atoms with van der Waals surface area (Å²) >= 11 is 0. The van der Waals surface area contributed by atoms with E-state index in [4.69, 9.17) is 14.3 Å². The Morgan fingerprint density at radius 2 is 1.65 bits per heavy atom. The molecule has 0 radical (unpaired) electrons. The van der Waals surface area contributed by atoms with E-state index in [0.29, 0.717) is 5.06 Å². The molecule has 1 aliphatic rings. The van der Waals surface area contributed by atoms with Gasteiger partial charge in [0.25, 0.3) is 11.8 Å². The third-order valence-electron chi connectivity index (χ3n) is 3.25. The number of nitrogens with one attached hydrogen (secondary N) is 1. The second kappa shape index (κ2) is 7.52. The van der Waals surface area contributed by atoms with Crippen LogP contribution in [-0.2, 0) is 19.1 Å². The van der Waals surface area contributed by atoms with E-state index in [9.17, 15) is 19.2 Å². The minimum Gasteiger partial charge on any atom is -0.444 e. The molecule has 0 spiro atoms. The van der Waals surface area contributed by atoms with Crippen molar-refractivity contribution in [1.82, 2.24) is 10.4 Å². The van der Waals surface area contributed by atoms with Gasteiger partial charge in [0.1, 0.15) is 5.60 Å². The molecule has 1 aromatic carbocycles. The van der Waals surface area contributed by atoms with Crippen molar-refractivity contribution in [2.75, 3.05) is 13.7 Å². The van der Waals surface area contributed by atoms with Crippen LogP contribution in [0.5, 0.6) is 0 Å². The number of methoxy groups -OCH3 is 1. The molecular weight excluding hydrogens is 344 g/mol. The molecule has 9 nitrogen and oxygen atoms in total. The zero-order valence-electron chi connectivity index (χ0n) is 14.9. The Bertz CT molecular complexity index is 704. The first-order valence-corrected chi connectivity index (χ1v) is 7.82. The van der Waals surface area contributed by atoms with Gasteiger partial charge in [0, 0.05) is 7.11 Å². The van der Waals surface area contributed by atoms with E-state index in [2.05, 4.69) is 5.32 Å². The SMILES string of the molecule is COCC(NC(=O)OC(C)(C)C)C(=O)ON1C(=O)c2ccccc2C1=O. The summed E-state index contributed by atoms with van der Waals surface area (Å²) in [6, 6.07) is 4.82. The van der Waals surface area contributed by atoms with Crippen LogP contribution in [0, 0.1) is 0 Å². The van der Waals surface area contributed by atoms with E-state index in [1.807, 2.05) is 0 Å². The quantitative estimate of drug-likeness (QED) is 0.783. The molecule has 0 aliphatic carbocycles. The lowest BCUT2D eigenvalue weighted by molar-refractivity contribution is -0.172. The largest absolute Gasteiger partial charge is 0.444 e. The molecule has 1 heterocycles. The van der Waals surface area contributed by atoms with Crippen LogP contribution in [0.4, 0.5) is 4.79 Å². The van der Waals surface area contributed by atoms with Crippen molar-refractivity contribution in [2.24, 2.45) is 0 Å². The highest BCUT2D eigenvalue weighted by Crippen LogP contribution is 2.22. The number of ether oxygens (including phenoxy) is 2. The number of hydrogen-bond donors (Lipinski definition) is 1. The first-order chi connectivity index (χ1) is 12.1. The number of hydrogen-bond acceptors (Lipinski definition) is 7. The van der Waals surface area contributed by atoms with Gasteiger partial charge in [-0.15, -0.1) is 0 Å². The van der Waals surface area contributed by atoms with E-state index in [0.717, 1.165) is 0 Å². The van der Waals surface area contributed by atoms with Gasteiger partial charge in [0.05, 0.1) is 17.7 Å². The minimum atomic E-state index is -1.26. The molecule has 1 aromatic rings. The number of nitrogens with zero attached hydrogens (tertiary/aromatic N) is 1. The predicted octanol–water partition coefficient (Wildman–Crippen LogP) is 1.28. The monoisotopic (exact) mass is 364 g/mol. The summed E-state index contributed by atoms with van der Waals surface area (Å²) in [6.45, 7) is 4.75. The first-order valence-electron chi connectivity index (χ1n) is 7.82. The van der Waals surface area contributed by atoms with E-state index in [1.165, 1.54) is 19.2 Å². The Morgan fingerprint density at radius 1 is 1.12 bits per heavy atom. The summed E-state index contributed by atoms with van der Waals surface area (Å²) in [5, 5.41) is 2.66. The fourth-order valence-corrected chi connectivity index (χ4v) is 2.19. The van der Waals surface area contributed by atoms with Gasteiger partial charge in [-0.25, -0.2) is 9.59 Å². The van der Waals surface area contributed by atoms with Gasteiger partial charge in [0.15, 0.2) is 6.04 Å². The van der Waals surface area contributed by atoms with Crippen LogP contribution in [0.25, 0.3) is 0 Å². The van der Waals surface area contributed by atoms with E-state index >= 15 is 0 Å². The summed E-state index contributed by atoms with van der Waals surface area (Å²) in [5.41, 5.74) is -0.504. The molecule has 140 valence electrons. The van der Waals surface area contributed by atoms with E-state index in [1.54, 1.807) is 32.9 Å². The number of imide groups is 1. The first kappa shape index (κ1) is 19.4. The van der Waals surface area contributed by atoms with Crippen molar-refractivity contribution >= 4 is 23.9 Å². The minimum absolute atomic E-state index is 0.133. The molecule has 1 unspecified atom stereocenters. The molecule has 1 N–H and O–H groups in total. The maximum atomic E-state index is 12.3. The predicted molar refractivity (Wildman–Crippen MR) is 88.1 cm³/mol. The second-order valence-corrected chi connectivity index (χ2v) is 6.51. The van der Waals surface area contributed by atoms with Gasteiger partial charge in [-0.1, -0.05) is 17.2 Å². The molecule has 2 rings (SSSR count). The molecular formula is C17H20N2O7. The van der Waals surface area contributed by atoms with Gasteiger partial charge < -0.3 is 19.6 Å². The Labute approximate surface area is 150 Å². The zero-order chi connectivity index (χ0) is 19.5. The normalized spacial score (nSPS) is 14.7. The summed E-state index contributed by atoms with van der Waals surface area (Å²) in [6.07, 6.45) is -0.862. The topological polar surface area (TPSA) is 111 Å². The second-order valence-electron chi connectivity index (χ2n) is 6.51. The standard InChI is InChI=1S/C17H20N2O7/c1-17(2,3)25-16(23)18-12(9-24-4)15(22)26-19-13(20)10-7-5-6-8-11(10)14(19)21/h5-8,12H,9H2,1-4H3,(H,18,23). The molecule has 0 aromatic heterocycles. The third-order valence-corrected chi connectivity index (χ3v) is 3.25. The molecule has 1 aliphatic heterocycles. The molecule has 9 heteroatoms. The molecule has 0 saturated heterocycles. The van der Waals surface area contributed by atoms with Gasteiger partial charge in [-0.2, -0.15) is 0 Å². The van der Waals surface area contributed by atoms with E-state index < -0.39 is 35.5 Å². The molecule has 0 bridgehead atoms. The molecule has 1 atom stereocenters. The van der Waals surface area contributed by atoms with Crippen LogP contribution in [-0.4, -0.2) is 54.3 Å². The zero-order valence-corrected chi connectivity index (χ0v) is 14.9. The smallest absolute Gasteiger partial charge is 0.408 e. The molecule has 0 fully saturated rings. The fourth-order valence-electron chi connectivity index (χ4n) is 2.19. The Balaban J connectivity index is 2.07. The average molecular weight is 364 g/mol. The summed E-state index contributed by atoms with van der Waals surface area (Å²) in [7, 11) is 1.32. The fraction of sp³-hybridized carbons (Fsp3) is 0.412. The van der Waals surface area contributed by atoms with Crippen LogP contribution >= 0.6 is 0 Å². The Morgan fingerprint density at radius 3 is 2.12 bits per heavy atom. The lowest BCUT2D eigenvalue weighted by Gasteiger charge is -2.23. The number of alkyl carbamates (subject to hydrolysis) is 1. The maximum Gasteiger partial charge on any atom is 0.408 e. The number of amides is 3. The number of fused-ring (bicyclic) bond motifs is 1. The van der Waals surface area contributed by atoms with Crippen LogP contribution in [0.15, 0.2) is 24.3 Å². The molecule has 3 amide bonds. The number of carbonyl (C=O) groups is 4. The Hall–Kier alpha value is -2.94. The summed E-state index contributed by atoms with van der Waals surface area (Å²) in [4.78, 5) is 53.5. The number of benzene rings is 1. The van der Waals surface area contributed by atoms with Gasteiger partial charge in [-0.05, 0) is 32.9 Å². The van der Waals surface area contributed by atoms with Gasteiger partial charge in [-0.3, -0.25) is 9.59 Å². The van der Waals surface area contributed by atoms with Crippen LogP contribution in [0.3, 0.4) is 0 Å². The number of hydroxylamine groups is 2. The highest BCUT2D eigenvalue weighted by Gasteiger charge is 2.40. The van der Waals surface area contributed by atoms with Gasteiger partial charge in [0.2, 0.25) is 0 Å². The van der Waals surface area contributed by atoms with E-state index in [-0.39, 0.29) is 17.7 Å². The number of rotatable bonds is 5. The molecule has 0 saturated carbocycles. The van der Waals surface area contributed by atoms with Crippen LogP contribution in [0.2, 0.25) is 0 Å². The molecule has 26 heavy (non-hydrogen) atoms. The number of carbonyl (C=O) groups excluding carboxylic acids is 4. The van der Waals surface area contributed by atoms with Crippen LogP contribution < -0.4 is 5.32 Å². The lowest BCUT2D eigenvalue weighted by Crippen LogP contribution is -2.49. The Kier molecular flexibility index (Phi) is 5.61. The van der Waals surface area contributed by atoms with Crippen molar-refractivity contribution < 1.29 is 33.5 Å². The van der Waals surface area contributed by atoms with Crippen LogP contribution in [0.1, 0.15) is 41.5 Å². The van der Waals surface area contributed by atoms with Crippen molar-refractivity contribution in [3.8, 4) is 0 Å². The van der Waals surface area contributed by atoms with Crippen molar-refractivity contribution in [3.05, 3.63) is 35.4 Å². The average Bonchev–Trinajstić information content (AvgIpc) is 2.78. The van der Waals surface area contributed by atoms with Crippen molar-refractivity contribution in [2.45, 2.75) is 32.4 Å². The van der Waals surface area contributed by atoms with Crippen molar-refractivity contribution in [3.63, 3.8) is 0 Å². The summed E-state index contributed by atoms with van der Waals surface area (Å²) in [5.74, 6) is -2.55. The van der Waals surface area contributed by atoms with Crippen molar-refractivity contribution in [1.29, 1.82) is 0 Å². The van der Waals surface area contributed by atoms with Gasteiger partial charge >= 0.3 is 12.1 Å². The highest BCUT2D eigenvalue weighted by molar-refractivity contribution is 6.20. The highest BCUT2D eigenvalue weighted by atomic mass is 16.7. The summed E-state index contributed by atoms with van der Waals surface area (Å²) < 4.78 is 9.94. The lowest BCUT2D eigenvalue weighted by atomic mass is 10.1. The third kappa shape index (κ3) is 4.37. The maximum absolute atomic E-state index is 12.3.